The predicted molar refractivity (Wildman–Crippen MR) is 51.8 cm³/mol. The molecule has 5 heteroatoms. The fourth-order valence-electron chi connectivity index (χ4n) is 1.56. The summed E-state index contributed by atoms with van der Waals surface area (Å²) in [5, 5.41) is 0. The summed E-state index contributed by atoms with van der Waals surface area (Å²) in [7, 11) is 1.22. The summed E-state index contributed by atoms with van der Waals surface area (Å²) in [6, 6.07) is 3.61. The van der Waals surface area contributed by atoms with Crippen molar-refractivity contribution in [2.24, 2.45) is 0 Å². The van der Waals surface area contributed by atoms with Crippen LogP contribution in [0.1, 0.15) is 16.8 Å². The smallest absolute Gasteiger partial charge is 0.347 e. The van der Waals surface area contributed by atoms with Crippen molar-refractivity contribution < 1.29 is 23.5 Å². The van der Waals surface area contributed by atoms with Crippen molar-refractivity contribution in [2.45, 2.75) is 12.5 Å². The second-order valence-corrected chi connectivity index (χ2v) is 3.40. The number of ether oxygens (including phenoxy) is 2. The lowest BCUT2D eigenvalue weighted by Crippen LogP contribution is -2.35. The largest absolute Gasteiger partial charge is 0.477 e. The van der Waals surface area contributed by atoms with Gasteiger partial charge in [0.25, 0.3) is 0 Å². The number of hydrogen-bond donors (Lipinski definition) is 0. The van der Waals surface area contributed by atoms with Crippen LogP contribution < -0.4 is 4.74 Å². The molecule has 16 heavy (non-hydrogen) atoms. The third kappa shape index (κ3) is 1.76. The number of carbonyl (C=O) groups excluding carboxylic acids is 2. The fraction of sp³-hybridized carbons (Fsp3) is 0.273. The molecule has 84 valence electrons. The van der Waals surface area contributed by atoms with E-state index >= 15 is 0 Å². The maximum Gasteiger partial charge on any atom is 0.347 e. The van der Waals surface area contributed by atoms with E-state index in [0.717, 1.165) is 6.07 Å². The molecule has 1 aliphatic rings. The topological polar surface area (TPSA) is 52.6 Å². The van der Waals surface area contributed by atoms with Crippen LogP contribution in [0.2, 0.25) is 0 Å². The first-order chi connectivity index (χ1) is 7.61. The molecule has 0 N–H and O–H groups in total. The number of Topliss-reactive ketones (excluding diaryl/α,β-unsaturated/α-hetero) is 1. The normalized spacial score (nSPS) is 18.6. The molecule has 0 spiro atoms. The minimum absolute atomic E-state index is 0.122. The van der Waals surface area contributed by atoms with Gasteiger partial charge in [-0.1, -0.05) is 0 Å². The minimum Gasteiger partial charge on any atom is -0.477 e. The molecule has 0 amide bonds. The van der Waals surface area contributed by atoms with E-state index in [1.54, 1.807) is 0 Å². The van der Waals surface area contributed by atoms with Gasteiger partial charge in [-0.25, -0.2) is 9.18 Å². The lowest BCUT2D eigenvalue weighted by molar-refractivity contribution is -0.148. The number of benzene rings is 1. The quantitative estimate of drug-likeness (QED) is 0.675. The van der Waals surface area contributed by atoms with Crippen LogP contribution in [0.5, 0.6) is 5.75 Å². The molecule has 1 unspecified atom stereocenters. The number of halogens is 1. The Balaban J connectivity index is 2.33. The summed E-state index contributed by atoms with van der Waals surface area (Å²) in [5.74, 6) is -1.22. The Morgan fingerprint density at radius 3 is 3.00 bits per heavy atom. The summed E-state index contributed by atoms with van der Waals surface area (Å²) in [6.45, 7) is 0. The Bertz CT molecular complexity index is 455. The van der Waals surface area contributed by atoms with Crippen molar-refractivity contribution in [2.75, 3.05) is 7.11 Å². The number of hydrogen-bond acceptors (Lipinski definition) is 4. The molecule has 1 aromatic rings. The number of methoxy groups -OCH3 is 1. The average Bonchev–Trinajstić information content (AvgIpc) is 2.28. The lowest BCUT2D eigenvalue weighted by Gasteiger charge is -2.22. The molecule has 1 aliphatic heterocycles. The highest BCUT2D eigenvalue weighted by Gasteiger charge is 2.32. The second kappa shape index (κ2) is 3.92. The van der Waals surface area contributed by atoms with Crippen LogP contribution in [0.25, 0.3) is 0 Å². The van der Waals surface area contributed by atoms with Gasteiger partial charge in [0.2, 0.25) is 6.10 Å². The number of esters is 1. The highest BCUT2D eigenvalue weighted by Crippen LogP contribution is 2.28. The van der Waals surface area contributed by atoms with Crippen LogP contribution in [0.15, 0.2) is 18.2 Å². The van der Waals surface area contributed by atoms with E-state index in [4.69, 9.17) is 4.74 Å². The number of ketones is 1. The number of rotatable bonds is 1. The van der Waals surface area contributed by atoms with Crippen LogP contribution in [0.3, 0.4) is 0 Å². The van der Waals surface area contributed by atoms with Gasteiger partial charge in [-0.15, -0.1) is 0 Å². The number of fused-ring (bicyclic) bond motifs is 1. The summed E-state index contributed by atoms with van der Waals surface area (Å²) >= 11 is 0. The zero-order chi connectivity index (χ0) is 11.7. The van der Waals surface area contributed by atoms with Crippen LogP contribution in [-0.4, -0.2) is 25.0 Å². The van der Waals surface area contributed by atoms with Crippen molar-refractivity contribution in [3.8, 4) is 5.75 Å². The Labute approximate surface area is 91.0 Å². The van der Waals surface area contributed by atoms with Gasteiger partial charge in [0.15, 0.2) is 5.78 Å². The highest BCUT2D eigenvalue weighted by molar-refractivity contribution is 6.02. The van der Waals surface area contributed by atoms with Gasteiger partial charge in [-0.2, -0.15) is 0 Å². The molecule has 1 aromatic carbocycles. The van der Waals surface area contributed by atoms with E-state index < -0.39 is 17.9 Å². The molecule has 4 nitrogen and oxygen atoms in total. The Morgan fingerprint density at radius 1 is 1.56 bits per heavy atom. The molecule has 0 fully saturated rings. The van der Waals surface area contributed by atoms with E-state index in [1.165, 1.54) is 19.2 Å². The van der Waals surface area contributed by atoms with E-state index in [2.05, 4.69) is 4.74 Å². The molecule has 0 aliphatic carbocycles. The van der Waals surface area contributed by atoms with Crippen LogP contribution in [0, 0.1) is 5.82 Å². The van der Waals surface area contributed by atoms with Crippen molar-refractivity contribution >= 4 is 11.8 Å². The van der Waals surface area contributed by atoms with E-state index in [0.29, 0.717) is 0 Å². The summed E-state index contributed by atoms with van der Waals surface area (Å²) < 4.78 is 22.6. The Morgan fingerprint density at radius 2 is 2.31 bits per heavy atom. The van der Waals surface area contributed by atoms with Gasteiger partial charge in [-0.05, 0) is 18.2 Å². The third-order valence-electron chi connectivity index (χ3n) is 2.35. The summed E-state index contributed by atoms with van der Waals surface area (Å²) in [6.07, 6.45) is -1.06. The zero-order valence-corrected chi connectivity index (χ0v) is 8.53. The van der Waals surface area contributed by atoms with E-state index in [-0.39, 0.29) is 23.5 Å². The van der Waals surface area contributed by atoms with Gasteiger partial charge in [0.05, 0.1) is 19.1 Å². The first-order valence-corrected chi connectivity index (χ1v) is 4.69. The first-order valence-electron chi connectivity index (χ1n) is 4.69. The molecule has 0 saturated heterocycles. The Kier molecular flexibility index (Phi) is 2.60. The van der Waals surface area contributed by atoms with Crippen LogP contribution in [0.4, 0.5) is 4.39 Å². The SMILES string of the molecule is COC(=O)C1CC(=O)c2cc(F)ccc2O1. The monoisotopic (exact) mass is 224 g/mol. The average molecular weight is 224 g/mol. The molecular formula is C11H9FO4. The molecule has 1 heterocycles. The molecule has 0 saturated carbocycles. The molecule has 2 rings (SSSR count). The van der Waals surface area contributed by atoms with Crippen molar-refractivity contribution in [3.05, 3.63) is 29.6 Å². The van der Waals surface area contributed by atoms with Gasteiger partial charge < -0.3 is 9.47 Å². The van der Waals surface area contributed by atoms with Crippen LogP contribution >= 0.6 is 0 Å². The van der Waals surface area contributed by atoms with Gasteiger partial charge in [0, 0.05) is 0 Å². The van der Waals surface area contributed by atoms with Gasteiger partial charge >= 0.3 is 5.97 Å². The standard InChI is InChI=1S/C11H9FO4/c1-15-11(14)10-5-8(13)7-4-6(12)2-3-9(7)16-10/h2-4,10H,5H2,1H3. The molecule has 0 radical (unpaired) electrons. The highest BCUT2D eigenvalue weighted by atomic mass is 19.1. The predicted octanol–water partition coefficient (Wildman–Crippen LogP) is 1.33. The molecular weight excluding hydrogens is 215 g/mol. The van der Waals surface area contributed by atoms with Gasteiger partial charge in [-0.3, -0.25) is 4.79 Å². The molecule has 1 atom stereocenters. The summed E-state index contributed by atoms with van der Waals surface area (Å²) in [5.41, 5.74) is 0.167. The Hall–Kier alpha value is -1.91. The van der Waals surface area contributed by atoms with Gasteiger partial charge in [0.1, 0.15) is 11.6 Å². The fourth-order valence-corrected chi connectivity index (χ4v) is 1.56. The zero-order valence-electron chi connectivity index (χ0n) is 8.53. The lowest BCUT2D eigenvalue weighted by atomic mass is 10.0. The summed E-state index contributed by atoms with van der Waals surface area (Å²) in [4.78, 5) is 22.8. The van der Waals surface area contributed by atoms with Crippen molar-refractivity contribution in [3.63, 3.8) is 0 Å². The molecule has 0 bridgehead atoms. The first kappa shape index (κ1) is 10.6. The van der Waals surface area contributed by atoms with E-state index in [1.807, 2.05) is 0 Å². The maximum absolute atomic E-state index is 12.9. The number of carbonyl (C=O) groups is 2. The maximum atomic E-state index is 12.9. The van der Waals surface area contributed by atoms with Crippen LogP contribution in [-0.2, 0) is 9.53 Å². The van der Waals surface area contributed by atoms with E-state index in [9.17, 15) is 14.0 Å². The minimum atomic E-state index is -0.935. The van der Waals surface area contributed by atoms with Crippen molar-refractivity contribution in [1.82, 2.24) is 0 Å². The molecule has 0 aromatic heterocycles. The third-order valence-corrected chi connectivity index (χ3v) is 2.35. The second-order valence-electron chi connectivity index (χ2n) is 3.40. The van der Waals surface area contributed by atoms with Crippen molar-refractivity contribution in [1.29, 1.82) is 0 Å².